The summed E-state index contributed by atoms with van der Waals surface area (Å²) in [5, 5.41) is 8.41. The van der Waals surface area contributed by atoms with Crippen molar-refractivity contribution in [2.75, 3.05) is 31.1 Å². The Morgan fingerprint density at radius 3 is 2.26 bits per heavy atom. The summed E-state index contributed by atoms with van der Waals surface area (Å²) in [5.41, 5.74) is 3.64. The van der Waals surface area contributed by atoms with Gasteiger partial charge in [-0.15, -0.1) is 10.2 Å². The number of anilines is 1. The van der Waals surface area contributed by atoms with Crippen LogP contribution in [0.1, 0.15) is 11.3 Å². The van der Waals surface area contributed by atoms with E-state index in [1.807, 2.05) is 43.5 Å². The Bertz CT molecular complexity index is 1140. The van der Waals surface area contributed by atoms with Crippen LogP contribution in [0, 0.1) is 6.92 Å². The molecular formula is C24H24N6O. The number of hydrogen-bond donors (Lipinski definition) is 0. The van der Waals surface area contributed by atoms with Gasteiger partial charge in [0.05, 0.1) is 11.9 Å². The molecule has 0 spiro atoms. The van der Waals surface area contributed by atoms with Crippen molar-refractivity contribution >= 4 is 5.82 Å². The number of aryl methyl sites for hydroxylation is 1. The largest absolute Gasteiger partial charge is 0.415 e. The number of rotatable bonds is 5. The highest BCUT2D eigenvalue weighted by Crippen LogP contribution is 2.26. The molecule has 1 saturated heterocycles. The molecule has 1 fully saturated rings. The first kappa shape index (κ1) is 19.4. The molecule has 0 atom stereocenters. The van der Waals surface area contributed by atoms with Gasteiger partial charge in [-0.2, -0.15) is 0 Å². The van der Waals surface area contributed by atoms with Crippen molar-refractivity contribution < 1.29 is 4.42 Å². The van der Waals surface area contributed by atoms with Crippen molar-refractivity contribution in [3.63, 3.8) is 0 Å². The van der Waals surface area contributed by atoms with E-state index < -0.39 is 0 Å². The zero-order valence-corrected chi connectivity index (χ0v) is 17.5. The third-order valence-electron chi connectivity index (χ3n) is 5.54. The minimum Gasteiger partial charge on any atom is -0.415 e. The fourth-order valence-electron chi connectivity index (χ4n) is 3.79. The number of piperazine rings is 1. The molecule has 2 aromatic carbocycles. The maximum atomic E-state index is 5.91. The van der Waals surface area contributed by atoms with E-state index in [9.17, 15) is 0 Å². The van der Waals surface area contributed by atoms with Crippen molar-refractivity contribution in [1.82, 2.24) is 25.1 Å². The highest BCUT2D eigenvalue weighted by molar-refractivity contribution is 5.58. The predicted molar refractivity (Wildman–Crippen MR) is 119 cm³/mol. The van der Waals surface area contributed by atoms with Gasteiger partial charge in [-0.1, -0.05) is 48.5 Å². The molecule has 5 rings (SSSR count). The van der Waals surface area contributed by atoms with Crippen LogP contribution < -0.4 is 4.90 Å². The van der Waals surface area contributed by atoms with E-state index in [1.54, 1.807) is 0 Å². The van der Waals surface area contributed by atoms with Crippen LogP contribution in [0.3, 0.4) is 0 Å². The number of hydrogen-bond acceptors (Lipinski definition) is 7. The molecule has 3 heterocycles. The Morgan fingerprint density at radius 2 is 1.52 bits per heavy atom. The lowest BCUT2D eigenvalue weighted by Gasteiger charge is -2.35. The standard InChI is InChI=1S/C24H24N6O/c1-18-22(24-28-27-23(31-24)20-10-6-3-7-11-20)26-21(16-25-18)30-14-12-29(13-15-30)17-19-8-4-2-5-9-19/h2-11,16H,12-15,17H2,1H3. The van der Waals surface area contributed by atoms with Crippen LogP contribution in [-0.2, 0) is 6.54 Å². The smallest absolute Gasteiger partial charge is 0.268 e. The Balaban J connectivity index is 1.30. The molecule has 0 amide bonds. The van der Waals surface area contributed by atoms with Gasteiger partial charge in [0.25, 0.3) is 5.89 Å². The van der Waals surface area contributed by atoms with Crippen LogP contribution in [-0.4, -0.2) is 51.2 Å². The SMILES string of the molecule is Cc1ncc(N2CCN(Cc3ccccc3)CC2)nc1-c1nnc(-c2ccccc2)o1. The minimum atomic E-state index is 0.397. The molecule has 1 aliphatic heterocycles. The first-order valence-corrected chi connectivity index (χ1v) is 10.5. The Hall–Kier alpha value is -3.58. The van der Waals surface area contributed by atoms with Gasteiger partial charge in [0, 0.05) is 38.3 Å². The van der Waals surface area contributed by atoms with Gasteiger partial charge in [0.15, 0.2) is 5.69 Å². The van der Waals surface area contributed by atoms with Gasteiger partial charge >= 0.3 is 0 Å². The Labute approximate surface area is 181 Å². The van der Waals surface area contributed by atoms with Crippen LogP contribution in [0.4, 0.5) is 5.82 Å². The molecule has 0 aliphatic carbocycles. The van der Waals surface area contributed by atoms with E-state index in [0.29, 0.717) is 17.5 Å². The molecule has 7 nitrogen and oxygen atoms in total. The summed E-state index contributed by atoms with van der Waals surface area (Å²) < 4.78 is 5.91. The monoisotopic (exact) mass is 412 g/mol. The van der Waals surface area contributed by atoms with Gasteiger partial charge in [-0.05, 0) is 24.6 Å². The van der Waals surface area contributed by atoms with Crippen LogP contribution >= 0.6 is 0 Å². The van der Waals surface area contributed by atoms with Crippen LogP contribution in [0.5, 0.6) is 0 Å². The second kappa shape index (κ2) is 8.65. The third-order valence-corrected chi connectivity index (χ3v) is 5.54. The summed E-state index contributed by atoms with van der Waals surface area (Å²) in [4.78, 5) is 14.1. The number of benzene rings is 2. The van der Waals surface area contributed by atoms with Crippen molar-refractivity contribution in [2.45, 2.75) is 13.5 Å². The summed E-state index contributed by atoms with van der Waals surface area (Å²) >= 11 is 0. The average molecular weight is 412 g/mol. The van der Waals surface area contributed by atoms with Gasteiger partial charge < -0.3 is 9.32 Å². The molecule has 4 aromatic rings. The molecular weight excluding hydrogens is 388 g/mol. The lowest BCUT2D eigenvalue weighted by Crippen LogP contribution is -2.46. The van der Waals surface area contributed by atoms with Crippen LogP contribution in [0.25, 0.3) is 23.0 Å². The fourth-order valence-corrected chi connectivity index (χ4v) is 3.79. The molecule has 0 saturated carbocycles. The summed E-state index contributed by atoms with van der Waals surface area (Å²) in [5.74, 6) is 1.73. The van der Waals surface area contributed by atoms with Crippen molar-refractivity contribution in [1.29, 1.82) is 0 Å². The Kier molecular flexibility index (Phi) is 5.41. The fraction of sp³-hybridized carbons (Fsp3) is 0.250. The van der Waals surface area contributed by atoms with Crippen LogP contribution in [0.15, 0.2) is 71.3 Å². The summed E-state index contributed by atoms with van der Waals surface area (Å²) in [6, 6.07) is 20.3. The molecule has 0 N–H and O–H groups in total. The molecule has 7 heteroatoms. The zero-order chi connectivity index (χ0) is 21.0. The number of aromatic nitrogens is 4. The van der Waals surface area contributed by atoms with Crippen molar-refractivity contribution in [3.05, 3.63) is 78.1 Å². The minimum absolute atomic E-state index is 0.397. The van der Waals surface area contributed by atoms with Crippen molar-refractivity contribution in [2.24, 2.45) is 0 Å². The predicted octanol–water partition coefficient (Wildman–Crippen LogP) is 3.82. The van der Waals surface area contributed by atoms with Gasteiger partial charge in [0.2, 0.25) is 5.89 Å². The quantitative estimate of drug-likeness (QED) is 0.493. The normalized spacial score (nSPS) is 14.7. The molecule has 2 aromatic heterocycles. The second-order valence-corrected chi connectivity index (χ2v) is 7.69. The first-order valence-electron chi connectivity index (χ1n) is 10.5. The third kappa shape index (κ3) is 4.32. The Morgan fingerprint density at radius 1 is 0.839 bits per heavy atom. The summed E-state index contributed by atoms with van der Waals surface area (Å²) in [6.07, 6.45) is 1.83. The average Bonchev–Trinajstić information content (AvgIpc) is 3.31. The molecule has 31 heavy (non-hydrogen) atoms. The van der Waals surface area contributed by atoms with Gasteiger partial charge in [0.1, 0.15) is 5.82 Å². The van der Waals surface area contributed by atoms with E-state index in [-0.39, 0.29) is 0 Å². The van der Waals surface area contributed by atoms with Gasteiger partial charge in [-0.25, -0.2) is 4.98 Å². The highest BCUT2D eigenvalue weighted by atomic mass is 16.4. The molecule has 156 valence electrons. The number of nitrogens with zero attached hydrogens (tertiary/aromatic N) is 6. The van der Waals surface area contributed by atoms with Gasteiger partial charge in [-0.3, -0.25) is 9.88 Å². The van der Waals surface area contributed by atoms with E-state index in [1.165, 1.54) is 5.56 Å². The summed E-state index contributed by atoms with van der Waals surface area (Å²) in [7, 11) is 0. The lowest BCUT2D eigenvalue weighted by molar-refractivity contribution is 0.249. The molecule has 0 bridgehead atoms. The maximum Gasteiger partial charge on any atom is 0.268 e. The van der Waals surface area contributed by atoms with E-state index >= 15 is 0 Å². The van der Waals surface area contributed by atoms with Crippen molar-refractivity contribution in [3.8, 4) is 23.0 Å². The zero-order valence-electron chi connectivity index (χ0n) is 17.5. The highest BCUT2D eigenvalue weighted by Gasteiger charge is 2.21. The topological polar surface area (TPSA) is 71.2 Å². The molecule has 1 aliphatic rings. The maximum absolute atomic E-state index is 5.91. The van der Waals surface area contributed by atoms with E-state index in [2.05, 4.69) is 55.3 Å². The molecule has 0 radical (unpaired) electrons. The lowest BCUT2D eigenvalue weighted by atomic mass is 10.2. The summed E-state index contributed by atoms with van der Waals surface area (Å²) in [6.45, 7) is 6.67. The first-order chi connectivity index (χ1) is 15.3. The van der Waals surface area contributed by atoms with E-state index in [4.69, 9.17) is 9.40 Å². The molecule has 0 unspecified atom stereocenters. The van der Waals surface area contributed by atoms with E-state index in [0.717, 1.165) is 49.8 Å². The second-order valence-electron chi connectivity index (χ2n) is 7.69. The van der Waals surface area contributed by atoms with Crippen LogP contribution in [0.2, 0.25) is 0 Å².